The van der Waals surface area contributed by atoms with E-state index in [4.69, 9.17) is 0 Å². The van der Waals surface area contributed by atoms with E-state index < -0.39 is 10.0 Å². The van der Waals surface area contributed by atoms with Crippen LogP contribution in [0, 0.1) is 0 Å². The van der Waals surface area contributed by atoms with E-state index >= 15 is 0 Å². The average molecular weight is 232 g/mol. The Labute approximate surface area is 86.8 Å². The van der Waals surface area contributed by atoms with Crippen LogP contribution in [-0.4, -0.2) is 46.8 Å². The van der Waals surface area contributed by atoms with Crippen LogP contribution in [0.25, 0.3) is 0 Å². The van der Waals surface area contributed by atoms with E-state index in [1.807, 2.05) is 0 Å². The molecular formula is C7H12N4O3S. The molecule has 8 heteroatoms. The maximum Gasteiger partial charge on any atom is 0.343 e. The van der Waals surface area contributed by atoms with Gasteiger partial charge in [-0.1, -0.05) is 0 Å². The number of fused-ring (bicyclic) bond motifs is 1. The van der Waals surface area contributed by atoms with Gasteiger partial charge in [0.25, 0.3) is 0 Å². The van der Waals surface area contributed by atoms with Crippen molar-refractivity contribution in [1.29, 1.82) is 0 Å². The van der Waals surface area contributed by atoms with Crippen molar-refractivity contribution in [1.82, 2.24) is 19.1 Å². The summed E-state index contributed by atoms with van der Waals surface area (Å²) in [5, 5.41) is 6.19. The molecule has 2 rings (SSSR count). The summed E-state index contributed by atoms with van der Waals surface area (Å²) >= 11 is 0. The summed E-state index contributed by atoms with van der Waals surface area (Å²) < 4.78 is 25.5. The smallest absolute Gasteiger partial charge is 0.278 e. The fourth-order valence-corrected chi connectivity index (χ4v) is 2.49. The average Bonchev–Trinajstić information content (AvgIpc) is 2.36. The van der Waals surface area contributed by atoms with Gasteiger partial charge in [-0.2, -0.15) is 9.40 Å². The first kappa shape index (κ1) is 10.4. The summed E-state index contributed by atoms with van der Waals surface area (Å²) in [4.78, 5) is 11.2. The van der Waals surface area contributed by atoms with Gasteiger partial charge in [-0.3, -0.25) is 4.57 Å². The van der Waals surface area contributed by atoms with Crippen LogP contribution in [0.1, 0.15) is 5.82 Å². The Kier molecular flexibility index (Phi) is 2.39. The predicted molar refractivity (Wildman–Crippen MR) is 53.0 cm³/mol. The lowest BCUT2D eigenvalue weighted by Crippen LogP contribution is -2.33. The Hall–Kier alpha value is -1.15. The highest BCUT2D eigenvalue weighted by Gasteiger charge is 2.22. The number of nitrogens with zero attached hydrogens (tertiary/aromatic N) is 3. The summed E-state index contributed by atoms with van der Waals surface area (Å²) in [6.07, 6.45) is 1.64. The molecule has 1 aliphatic rings. The molecule has 1 aromatic rings. The van der Waals surface area contributed by atoms with Crippen LogP contribution >= 0.6 is 0 Å². The van der Waals surface area contributed by atoms with Gasteiger partial charge in [0.2, 0.25) is 10.0 Å². The van der Waals surface area contributed by atoms with Crippen LogP contribution in [0.3, 0.4) is 0 Å². The van der Waals surface area contributed by atoms with E-state index in [0.717, 1.165) is 0 Å². The molecule has 1 N–H and O–H groups in total. The first-order chi connectivity index (χ1) is 6.98. The largest absolute Gasteiger partial charge is 0.343 e. The number of aromatic amines is 1. The van der Waals surface area contributed by atoms with Crippen molar-refractivity contribution in [2.24, 2.45) is 0 Å². The van der Waals surface area contributed by atoms with Crippen molar-refractivity contribution in [3.63, 3.8) is 0 Å². The van der Waals surface area contributed by atoms with Crippen LogP contribution in [0.15, 0.2) is 4.79 Å². The maximum absolute atomic E-state index is 11.3. The maximum atomic E-state index is 11.3. The minimum Gasteiger partial charge on any atom is -0.278 e. The number of nitrogens with one attached hydrogen (secondary N) is 1. The standard InChI is InChI=1S/C7H12N4O3S/c1-15(13,14)10-3-2-6-8-9-7(12)11(6)5-4-10/h2-5H2,1H3,(H,9,12). The lowest BCUT2D eigenvalue weighted by molar-refractivity contribution is 0.416. The molecule has 84 valence electrons. The molecule has 0 atom stereocenters. The number of hydrogen-bond acceptors (Lipinski definition) is 4. The zero-order valence-corrected chi connectivity index (χ0v) is 9.12. The third kappa shape index (κ3) is 1.95. The molecule has 0 amide bonds. The molecule has 0 unspecified atom stereocenters. The summed E-state index contributed by atoms with van der Waals surface area (Å²) in [6, 6.07) is 0. The van der Waals surface area contributed by atoms with Crippen LogP contribution < -0.4 is 5.69 Å². The molecule has 1 aromatic heterocycles. The van der Waals surface area contributed by atoms with Crippen molar-refractivity contribution < 1.29 is 8.42 Å². The molecule has 0 spiro atoms. The Morgan fingerprint density at radius 1 is 1.33 bits per heavy atom. The lowest BCUT2D eigenvalue weighted by atomic mass is 10.4. The second kappa shape index (κ2) is 3.46. The SMILES string of the molecule is CS(=O)(=O)N1CCc2n[nH]c(=O)n2CC1. The second-order valence-corrected chi connectivity index (χ2v) is 5.49. The van der Waals surface area contributed by atoms with Gasteiger partial charge in [0.05, 0.1) is 6.26 Å². The van der Waals surface area contributed by atoms with Gasteiger partial charge in [0, 0.05) is 26.1 Å². The minimum atomic E-state index is -3.18. The first-order valence-corrected chi connectivity index (χ1v) is 6.42. The summed E-state index contributed by atoms with van der Waals surface area (Å²) in [5.41, 5.74) is -0.277. The van der Waals surface area contributed by atoms with Crippen molar-refractivity contribution in [2.45, 2.75) is 13.0 Å². The lowest BCUT2D eigenvalue weighted by Gasteiger charge is -2.15. The molecule has 0 saturated carbocycles. The highest BCUT2D eigenvalue weighted by atomic mass is 32.2. The van der Waals surface area contributed by atoms with Gasteiger partial charge in [0.1, 0.15) is 5.82 Å². The van der Waals surface area contributed by atoms with Crippen molar-refractivity contribution in [2.75, 3.05) is 19.3 Å². The zero-order valence-electron chi connectivity index (χ0n) is 8.30. The predicted octanol–water partition coefficient (Wildman–Crippen LogP) is -1.61. The normalized spacial score (nSPS) is 18.5. The molecule has 0 bridgehead atoms. The van der Waals surface area contributed by atoms with Crippen LogP contribution in [0.2, 0.25) is 0 Å². The Morgan fingerprint density at radius 2 is 2.07 bits per heavy atom. The van der Waals surface area contributed by atoms with E-state index in [1.165, 1.54) is 15.1 Å². The monoisotopic (exact) mass is 232 g/mol. The van der Waals surface area contributed by atoms with E-state index in [2.05, 4.69) is 10.2 Å². The van der Waals surface area contributed by atoms with Gasteiger partial charge in [-0.25, -0.2) is 18.3 Å². The number of sulfonamides is 1. The summed E-state index contributed by atoms with van der Waals surface area (Å²) in [5.74, 6) is 0.617. The van der Waals surface area contributed by atoms with Crippen molar-refractivity contribution in [3.05, 3.63) is 16.3 Å². The molecule has 0 saturated heterocycles. The fourth-order valence-electron chi connectivity index (χ4n) is 1.65. The van der Waals surface area contributed by atoms with Crippen molar-refractivity contribution >= 4 is 10.0 Å². The molecule has 1 aliphatic heterocycles. The highest BCUT2D eigenvalue weighted by molar-refractivity contribution is 7.88. The molecule has 0 fully saturated rings. The molecule has 7 nitrogen and oxygen atoms in total. The molecule has 2 heterocycles. The highest BCUT2D eigenvalue weighted by Crippen LogP contribution is 2.06. The minimum absolute atomic E-state index is 0.277. The molecule has 0 aliphatic carbocycles. The molecule has 15 heavy (non-hydrogen) atoms. The van der Waals surface area contributed by atoms with E-state index in [0.29, 0.717) is 31.9 Å². The third-order valence-electron chi connectivity index (χ3n) is 2.46. The van der Waals surface area contributed by atoms with Gasteiger partial charge in [-0.05, 0) is 0 Å². The second-order valence-electron chi connectivity index (χ2n) is 3.51. The van der Waals surface area contributed by atoms with Gasteiger partial charge in [-0.15, -0.1) is 0 Å². The van der Waals surface area contributed by atoms with Gasteiger partial charge in [0.15, 0.2) is 0 Å². The van der Waals surface area contributed by atoms with E-state index in [1.54, 1.807) is 0 Å². The van der Waals surface area contributed by atoms with Crippen LogP contribution in [-0.2, 0) is 23.0 Å². The van der Waals surface area contributed by atoms with E-state index in [-0.39, 0.29) is 5.69 Å². The zero-order chi connectivity index (χ0) is 11.1. The molecular weight excluding hydrogens is 220 g/mol. The number of aromatic nitrogens is 3. The van der Waals surface area contributed by atoms with Gasteiger partial charge < -0.3 is 0 Å². The van der Waals surface area contributed by atoms with Gasteiger partial charge >= 0.3 is 5.69 Å². The Morgan fingerprint density at radius 3 is 2.73 bits per heavy atom. The number of rotatable bonds is 1. The third-order valence-corrected chi connectivity index (χ3v) is 3.77. The number of hydrogen-bond donors (Lipinski definition) is 1. The Bertz CT molecular complexity index is 515. The van der Waals surface area contributed by atoms with Crippen molar-refractivity contribution in [3.8, 4) is 0 Å². The number of H-pyrrole nitrogens is 1. The van der Waals surface area contributed by atoms with Crippen LogP contribution in [0.5, 0.6) is 0 Å². The first-order valence-electron chi connectivity index (χ1n) is 4.57. The Balaban J connectivity index is 2.27. The van der Waals surface area contributed by atoms with Crippen LogP contribution in [0.4, 0.5) is 0 Å². The summed E-state index contributed by atoms with van der Waals surface area (Å²) in [6.45, 7) is 1.06. The van der Waals surface area contributed by atoms with E-state index in [9.17, 15) is 13.2 Å². The molecule has 0 radical (unpaired) electrons. The fraction of sp³-hybridized carbons (Fsp3) is 0.714. The molecule has 0 aromatic carbocycles. The summed E-state index contributed by atoms with van der Waals surface area (Å²) in [7, 11) is -3.18. The quantitative estimate of drug-likeness (QED) is 0.631. The topological polar surface area (TPSA) is 88.1 Å².